The van der Waals surface area contributed by atoms with Gasteiger partial charge in [-0.1, -0.05) is 12.1 Å². The monoisotopic (exact) mass is 283 g/mol. The fourth-order valence-electron chi connectivity index (χ4n) is 2.12. The van der Waals surface area contributed by atoms with Gasteiger partial charge in [0.15, 0.2) is 0 Å². The van der Waals surface area contributed by atoms with Crippen LogP contribution in [0.15, 0.2) is 58.1 Å². The normalized spacial score (nSPS) is 10.7. The molecule has 0 unspecified atom stereocenters. The van der Waals surface area contributed by atoms with Crippen LogP contribution in [0.25, 0.3) is 16.6 Å². The number of nitrogens with zero attached hydrogens (tertiary/aromatic N) is 2. The summed E-state index contributed by atoms with van der Waals surface area (Å²) in [5, 5.41) is 11.0. The first kappa shape index (κ1) is 12.8. The lowest BCUT2D eigenvalue weighted by Crippen LogP contribution is -2.33. The molecule has 0 fully saturated rings. The first-order valence-electron chi connectivity index (χ1n) is 6.07. The van der Waals surface area contributed by atoms with Crippen LogP contribution < -0.4 is 11.2 Å². The van der Waals surface area contributed by atoms with E-state index in [-0.39, 0.29) is 11.4 Å². The minimum Gasteiger partial charge on any atom is -0.306 e. The number of fused-ring (bicyclic) bond motifs is 1. The molecule has 3 aromatic rings. The van der Waals surface area contributed by atoms with Gasteiger partial charge >= 0.3 is 5.69 Å². The number of H-pyrrole nitrogens is 1. The van der Waals surface area contributed by atoms with Gasteiger partial charge in [-0.05, 0) is 24.3 Å². The number of para-hydroxylation sites is 1. The summed E-state index contributed by atoms with van der Waals surface area (Å²) in [6, 6.07) is 11.9. The van der Waals surface area contributed by atoms with Gasteiger partial charge in [0.1, 0.15) is 0 Å². The third-order valence-electron chi connectivity index (χ3n) is 3.12. The van der Waals surface area contributed by atoms with E-state index in [1.807, 2.05) is 0 Å². The maximum atomic E-state index is 12.4. The highest BCUT2D eigenvalue weighted by Gasteiger charge is 2.11. The summed E-state index contributed by atoms with van der Waals surface area (Å²) >= 11 is 0. The molecule has 0 saturated heterocycles. The van der Waals surface area contributed by atoms with Crippen LogP contribution in [0.3, 0.4) is 0 Å². The number of hydrogen-bond donors (Lipinski definition) is 1. The summed E-state index contributed by atoms with van der Waals surface area (Å²) in [5.74, 6) is 0. The molecule has 1 N–H and O–H groups in total. The lowest BCUT2D eigenvalue weighted by Gasteiger charge is -2.05. The fraction of sp³-hybridized carbons (Fsp3) is 0. The first-order chi connectivity index (χ1) is 10.1. The summed E-state index contributed by atoms with van der Waals surface area (Å²) < 4.78 is 0.950. The molecule has 0 spiro atoms. The molecule has 0 aliphatic carbocycles. The standard InChI is InChI=1S/C14H9N3O4/c18-13-11-3-1-2-4-12(11)15-14(19)16(13)9-5-7-10(8-6-9)17(20)21/h1-8H,(H,15,19). The molecule has 2 aromatic carbocycles. The van der Waals surface area contributed by atoms with Crippen molar-refractivity contribution < 1.29 is 4.92 Å². The summed E-state index contributed by atoms with van der Waals surface area (Å²) in [4.78, 5) is 37.1. The van der Waals surface area contributed by atoms with Crippen molar-refractivity contribution in [3.8, 4) is 5.69 Å². The zero-order chi connectivity index (χ0) is 15.0. The van der Waals surface area contributed by atoms with Gasteiger partial charge < -0.3 is 4.98 Å². The van der Waals surface area contributed by atoms with E-state index in [0.717, 1.165) is 4.57 Å². The quantitative estimate of drug-likeness (QED) is 0.570. The first-order valence-corrected chi connectivity index (χ1v) is 6.07. The van der Waals surface area contributed by atoms with Crippen LogP contribution in [0.2, 0.25) is 0 Å². The highest BCUT2D eigenvalue weighted by Crippen LogP contribution is 2.13. The molecular weight excluding hydrogens is 274 g/mol. The van der Waals surface area contributed by atoms with Gasteiger partial charge in [0.05, 0.1) is 21.5 Å². The van der Waals surface area contributed by atoms with Crippen molar-refractivity contribution in [1.82, 2.24) is 9.55 Å². The number of nitro benzene ring substituents is 1. The van der Waals surface area contributed by atoms with Crippen LogP contribution in [-0.2, 0) is 0 Å². The smallest absolute Gasteiger partial charge is 0.306 e. The number of benzene rings is 2. The molecule has 7 nitrogen and oxygen atoms in total. The Morgan fingerprint density at radius 1 is 1.00 bits per heavy atom. The second-order valence-corrected chi connectivity index (χ2v) is 4.39. The van der Waals surface area contributed by atoms with Crippen LogP contribution in [0.1, 0.15) is 0 Å². The lowest BCUT2D eigenvalue weighted by atomic mass is 10.2. The van der Waals surface area contributed by atoms with E-state index in [0.29, 0.717) is 10.9 Å². The van der Waals surface area contributed by atoms with E-state index in [9.17, 15) is 19.7 Å². The maximum Gasteiger partial charge on any atom is 0.333 e. The van der Waals surface area contributed by atoms with Crippen LogP contribution >= 0.6 is 0 Å². The molecule has 0 aliphatic heterocycles. The molecule has 0 aliphatic rings. The largest absolute Gasteiger partial charge is 0.333 e. The molecule has 104 valence electrons. The maximum absolute atomic E-state index is 12.4. The van der Waals surface area contributed by atoms with E-state index in [2.05, 4.69) is 4.98 Å². The molecule has 0 atom stereocenters. The number of aromatic nitrogens is 2. The zero-order valence-corrected chi connectivity index (χ0v) is 10.6. The molecule has 0 radical (unpaired) electrons. The Labute approximate surface area is 117 Å². The van der Waals surface area contributed by atoms with E-state index >= 15 is 0 Å². The Bertz CT molecular complexity index is 954. The topological polar surface area (TPSA) is 98.0 Å². The van der Waals surface area contributed by atoms with Crippen LogP contribution in [0, 0.1) is 10.1 Å². The molecule has 7 heteroatoms. The Balaban J connectivity index is 2.27. The van der Waals surface area contributed by atoms with Gasteiger partial charge in [-0.2, -0.15) is 0 Å². The Kier molecular flexibility index (Phi) is 2.87. The number of rotatable bonds is 2. The second kappa shape index (κ2) is 4.71. The minimum absolute atomic E-state index is 0.107. The summed E-state index contributed by atoms with van der Waals surface area (Å²) in [5.41, 5.74) is -0.442. The highest BCUT2D eigenvalue weighted by molar-refractivity contribution is 5.77. The van der Waals surface area contributed by atoms with Gasteiger partial charge in [0.2, 0.25) is 0 Å². The third kappa shape index (κ3) is 2.10. The van der Waals surface area contributed by atoms with Gasteiger partial charge in [0, 0.05) is 12.1 Å². The van der Waals surface area contributed by atoms with Crippen LogP contribution in [-0.4, -0.2) is 14.5 Å². The summed E-state index contributed by atoms with van der Waals surface area (Å²) in [6.45, 7) is 0. The molecule has 21 heavy (non-hydrogen) atoms. The van der Waals surface area contributed by atoms with Crippen molar-refractivity contribution in [1.29, 1.82) is 0 Å². The van der Waals surface area contributed by atoms with Crippen molar-refractivity contribution in [2.45, 2.75) is 0 Å². The average Bonchev–Trinajstić information content (AvgIpc) is 2.48. The lowest BCUT2D eigenvalue weighted by molar-refractivity contribution is -0.384. The SMILES string of the molecule is O=c1[nH]c2ccccc2c(=O)n1-c1ccc([N+](=O)[O-])cc1. The van der Waals surface area contributed by atoms with Gasteiger partial charge in [-0.25, -0.2) is 9.36 Å². The van der Waals surface area contributed by atoms with Crippen molar-refractivity contribution >= 4 is 16.6 Å². The minimum atomic E-state index is -0.590. The zero-order valence-electron chi connectivity index (χ0n) is 10.6. The van der Waals surface area contributed by atoms with E-state index in [4.69, 9.17) is 0 Å². The van der Waals surface area contributed by atoms with Crippen molar-refractivity contribution in [2.24, 2.45) is 0 Å². The molecule has 3 rings (SSSR count). The number of nitrogens with one attached hydrogen (secondary N) is 1. The predicted octanol–water partition coefficient (Wildman–Crippen LogP) is 1.59. The number of non-ortho nitro benzene ring substituents is 1. The predicted molar refractivity (Wildman–Crippen MR) is 76.8 cm³/mol. The molecule has 1 heterocycles. The van der Waals surface area contributed by atoms with E-state index in [1.54, 1.807) is 24.3 Å². The van der Waals surface area contributed by atoms with E-state index in [1.165, 1.54) is 24.3 Å². The van der Waals surface area contributed by atoms with Gasteiger partial charge in [0.25, 0.3) is 11.2 Å². The number of aromatic amines is 1. The Morgan fingerprint density at radius 2 is 1.67 bits per heavy atom. The Morgan fingerprint density at radius 3 is 2.33 bits per heavy atom. The van der Waals surface area contributed by atoms with Gasteiger partial charge in [-0.3, -0.25) is 14.9 Å². The summed E-state index contributed by atoms with van der Waals surface area (Å²) in [7, 11) is 0. The number of hydrogen-bond acceptors (Lipinski definition) is 4. The summed E-state index contributed by atoms with van der Waals surface area (Å²) in [6.07, 6.45) is 0. The van der Waals surface area contributed by atoms with Crippen LogP contribution in [0.5, 0.6) is 0 Å². The number of nitro groups is 1. The van der Waals surface area contributed by atoms with Gasteiger partial charge in [-0.15, -0.1) is 0 Å². The van der Waals surface area contributed by atoms with Crippen LogP contribution in [0.4, 0.5) is 5.69 Å². The molecule has 0 amide bonds. The molecule has 1 aromatic heterocycles. The highest BCUT2D eigenvalue weighted by atomic mass is 16.6. The second-order valence-electron chi connectivity index (χ2n) is 4.39. The van der Waals surface area contributed by atoms with Crippen molar-refractivity contribution in [3.05, 3.63) is 79.5 Å². The van der Waals surface area contributed by atoms with Crippen molar-refractivity contribution in [2.75, 3.05) is 0 Å². The third-order valence-corrected chi connectivity index (χ3v) is 3.12. The molecular formula is C14H9N3O4. The van der Waals surface area contributed by atoms with Crippen molar-refractivity contribution in [3.63, 3.8) is 0 Å². The molecule has 0 saturated carbocycles. The Hall–Kier alpha value is -3.22. The average molecular weight is 283 g/mol. The van der Waals surface area contributed by atoms with E-state index < -0.39 is 16.2 Å². The molecule has 0 bridgehead atoms. The fourth-order valence-corrected chi connectivity index (χ4v) is 2.12.